The number of nitro benzene ring substituents is 1. The number of rotatable bonds is 4. The summed E-state index contributed by atoms with van der Waals surface area (Å²) < 4.78 is 11.9. The van der Waals surface area contributed by atoms with Crippen LogP contribution in [0.3, 0.4) is 0 Å². The van der Waals surface area contributed by atoms with Gasteiger partial charge in [0.1, 0.15) is 11.5 Å². The second-order valence-electron chi connectivity index (χ2n) is 6.31. The minimum Gasteiger partial charge on any atom is -0.457 e. The molecule has 144 valence electrons. The molecule has 1 aromatic heterocycles. The average molecular weight is 453 g/mol. The molecule has 0 spiro atoms. The molecule has 3 aromatic rings. The van der Waals surface area contributed by atoms with Crippen molar-refractivity contribution in [3.8, 4) is 11.3 Å². The quantitative estimate of drug-likeness (QED) is 0.232. The van der Waals surface area contributed by atoms with E-state index in [-0.39, 0.29) is 17.3 Å². The van der Waals surface area contributed by atoms with Crippen molar-refractivity contribution < 1.29 is 18.9 Å². The Labute approximate surface area is 173 Å². The third kappa shape index (κ3) is 3.88. The zero-order chi connectivity index (χ0) is 20.5. The van der Waals surface area contributed by atoms with Gasteiger partial charge in [-0.25, -0.2) is 9.79 Å². The minimum absolute atomic E-state index is 0.0304. The lowest BCUT2D eigenvalue weighted by molar-refractivity contribution is -0.384. The van der Waals surface area contributed by atoms with E-state index in [4.69, 9.17) is 9.15 Å². The van der Waals surface area contributed by atoms with Crippen LogP contribution in [0.4, 0.5) is 5.69 Å². The molecule has 0 N–H and O–H groups in total. The van der Waals surface area contributed by atoms with E-state index in [1.165, 1.54) is 18.2 Å². The van der Waals surface area contributed by atoms with Crippen LogP contribution < -0.4 is 0 Å². The molecular formula is C21H13BrN2O5. The number of nitro groups is 1. The Hall–Kier alpha value is -3.52. The lowest BCUT2D eigenvalue weighted by Crippen LogP contribution is -2.05. The first-order valence-electron chi connectivity index (χ1n) is 8.54. The number of halogens is 1. The highest BCUT2D eigenvalue weighted by atomic mass is 79.9. The second-order valence-corrected chi connectivity index (χ2v) is 7.16. The lowest BCUT2D eigenvalue weighted by atomic mass is 10.1. The smallest absolute Gasteiger partial charge is 0.363 e. The van der Waals surface area contributed by atoms with Crippen LogP contribution in [0, 0.1) is 17.0 Å². The number of benzene rings is 2. The van der Waals surface area contributed by atoms with Crippen molar-refractivity contribution in [1.82, 2.24) is 0 Å². The van der Waals surface area contributed by atoms with Crippen molar-refractivity contribution in [2.24, 2.45) is 4.99 Å². The van der Waals surface area contributed by atoms with Crippen molar-refractivity contribution >= 4 is 39.6 Å². The van der Waals surface area contributed by atoms with Gasteiger partial charge in [-0.1, -0.05) is 28.1 Å². The van der Waals surface area contributed by atoms with Gasteiger partial charge in [0.05, 0.1) is 4.92 Å². The number of nitrogens with zero attached hydrogens (tertiary/aromatic N) is 2. The number of non-ortho nitro benzene ring substituents is 1. The maximum atomic E-state index is 12.2. The molecule has 8 heteroatoms. The van der Waals surface area contributed by atoms with E-state index in [1.807, 2.05) is 19.1 Å². The van der Waals surface area contributed by atoms with Gasteiger partial charge in [0.15, 0.2) is 5.70 Å². The molecule has 0 aliphatic carbocycles. The summed E-state index contributed by atoms with van der Waals surface area (Å²) in [5.74, 6) is 0.478. The van der Waals surface area contributed by atoms with Gasteiger partial charge >= 0.3 is 5.97 Å². The molecule has 1 aliphatic rings. The van der Waals surface area contributed by atoms with Gasteiger partial charge in [-0.15, -0.1) is 0 Å². The predicted octanol–water partition coefficient (Wildman–Crippen LogP) is 5.27. The third-order valence-corrected chi connectivity index (χ3v) is 5.16. The Balaban J connectivity index is 1.62. The van der Waals surface area contributed by atoms with Crippen molar-refractivity contribution in [2.75, 3.05) is 0 Å². The van der Waals surface area contributed by atoms with Gasteiger partial charge in [-0.3, -0.25) is 10.1 Å². The topological polar surface area (TPSA) is 94.9 Å². The molecule has 0 bridgehead atoms. The molecule has 0 atom stereocenters. The number of hydrogen-bond donors (Lipinski definition) is 0. The first kappa shape index (κ1) is 18.8. The highest BCUT2D eigenvalue weighted by Crippen LogP contribution is 2.28. The zero-order valence-electron chi connectivity index (χ0n) is 15.1. The van der Waals surface area contributed by atoms with E-state index in [2.05, 4.69) is 20.9 Å². The Morgan fingerprint density at radius 1 is 1.10 bits per heavy atom. The molecule has 0 fully saturated rings. The molecule has 0 saturated heterocycles. The van der Waals surface area contributed by atoms with Crippen LogP contribution in [0.5, 0.6) is 0 Å². The first-order valence-corrected chi connectivity index (χ1v) is 9.34. The normalized spacial score (nSPS) is 14.8. The summed E-state index contributed by atoms with van der Waals surface area (Å²) in [4.78, 5) is 26.9. The van der Waals surface area contributed by atoms with Gasteiger partial charge in [-0.2, -0.15) is 0 Å². The summed E-state index contributed by atoms with van der Waals surface area (Å²) >= 11 is 3.43. The summed E-state index contributed by atoms with van der Waals surface area (Å²) in [6.45, 7) is 1.93. The molecular weight excluding hydrogens is 440 g/mol. The van der Waals surface area contributed by atoms with Crippen LogP contribution in [-0.2, 0) is 9.53 Å². The van der Waals surface area contributed by atoms with Crippen molar-refractivity contribution in [3.63, 3.8) is 0 Å². The Morgan fingerprint density at radius 2 is 1.93 bits per heavy atom. The highest BCUT2D eigenvalue weighted by molar-refractivity contribution is 9.10. The zero-order valence-corrected chi connectivity index (χ0v) is 16.7. The number of ether oxygens (including phenoxy) is 1. The Bertz CT molecular complexity index is 1210. The molecule has 2 aromatic carbocycles. The van der Waals surface area contributed by atoms with Crippen LogP contribution in [0.1, 0.15) is 16.9 Å². The monoisotopic (exact) mass is 452 g/mol. The van der Waals surface area contributed by atoms with E-state index in [9.17, 15) is 14.9 Å². The van der Waals surface area contributed by atoms with Crippen LogP contribution in [0.2, 0.25) is 0 Å². The maximum absolute atomic E-state index is 12.2. The standard InChI is InChI=1S/C21H13BrN2O5/c1-12-9-14(5-7-17(12)22)20-23-18(21(25)29-20)11-16-6-8-19(28-16)13-3-2-4-15(10-13)24(26)27/h2-11H,1H3/b18-11-. The molecule has 0 radical (unpaired) electrons. The Kier molecular flexibility index (Phi) is 4.85. The number of hydrogen-bond acceptors (Lipinski definition) is 6. The summed E-state index contributed by atoms with van der Waals surface area (Å²) in [6.07, 6.45) is 1.47. The Morgan fingerprint density at radius 3 is 2.69 bits per heavy atom. The van der Waals surface area contributed by atoms with Crippen molar-refractivity contribution in [3.05, 3.63) is 91.8 Å². The number of furan rings is 1. The van der Waals surface area contributed by atoms with Crippen molar-refractivity contribution in [1.29, 1.82) is 0 Å². The predicted molar refractivity (Wildman–Crippen MR) is 110 cm³/mol. The van der Waals surface area contributed by atoms with Gasteiger partial charge in [0.2, 0.25) is 5.90 Å². The van der Waals surface area contributed by atoms with Crippen LogP contribution >= 0.6 is 15.9 Å². The second kappa shape index (κ2) is 7.48. The molecule has 1 aliphatic heterocycles. The van der Waals surface area contributed by atoms with Gasteiger partial charge in [0.25, 0.3) is 5.69 Å². The van der Waals surface area contributed by atoms with E-state index in [1.54, 1.807) is 30.3 Å². The minimum atomic E-state index is -0.575. The molecule has 4 rings (SSSR count). The number of carbonyl (C=O) groups excluding carboxylic acids is 1. The molecule has 2 heterocycles. The van der Waals surface area contributed by atoms with E-state index in [0.29, 0.717) is 22.6 Å². The van der Waals surface area contributed by atoms with E-state index >= 15 is 0 Å². The summed E-state index contributed by atoms with van der Waals surface area (Å²) in [5, 5.41) is 10.9. The number of aryl methyl sites for hydroxylation is 1. The summed E-state index contributed by atoms with van der Waals surface area (Å²) in [7, 11) is 0. The number of aliphatic imine (C=N–C) groups is 1. The van der Waals surface area contributed by atoms with Crippen LogP contribution in [0.25, 0.3) is 17.4 Å². The number of carbonyl (C=O) groups is 1. The molecule has 29 heavy (non-hydrogen) atoms. The summed E-state index contributed by atoms with van der Waals surface area (Å²) in [5.41, 5.74) is 2.33. The highest BCUT2D eigenvalue weighted by Gasteiger charge is 2.25. The van der Waals surface area contributed by atoms with Crippen LogP contribution in [0.15, 0.2) is 74.2 Å². The fourth-order valence-corrected chi connectivity index (χ4v) is 3.05. The first-order chi connectivity index (χ1) is 13.9. The largest absolute Gasteiger partial charge is 0.457 e. The van der Waals surface area contributed by atoms with E-state index in [0.717, 1.165) is 10.0 Å². The average Bonchev–Trinajstić information content (AvgIpc) is 3.31. The van der Waals surface area contributed by atoms with Gasteiger partial charge in [-0.05, 0) is 42.8 Å². The molecule has 0 unspecified atom stereocenters. The van der Waals surface area contributed by atoms with Gasteiger partial charge in [0, 0.05) is 33.8 Å². The molecule has 0 saturated carbocycles. The molecule has 0 amide bonds. The summed E-state index contributed by atoms with van der Waals surface area (Å²) in [6, 6.07) is 15.0. The van der Waals surface area contributed by atoms with E-state index < -0.39 is 10.9 Å². The SMILES string of the molecule is Cc1cc(C2=N/C(=C\c3ccc(-c4cccc([N+](=O)[O-])c4)o3)C(=O)O2)ccc1Br. The lowest BCUT2D eigenvalue weighted by Gasteiger charge is -2.02. The number of cyclic esters (lactones) is 1. The fraction of sp³-hybridized carbons (Fsp3) is 0.0476. The van der Waals surface area contributed by atoms with Gasteiger partial charge < -0.3 is 9.15 Å². The molecule has 7 nitrogen and oxygen atoms in total. The van der Waals surface area contributed by atoms with Crippen molar-refractivity contribution in [2.45, 2.75) is 6.92 Å². The fourth-order valence-electron chi connectivity index (χ4n) is 2.80. The third-order valence-electron chi connectivity index (χ3n) is 4.27. The number of esters is 1. The van der Waals surface area contributed by atoms with Crippen LogP contribution in [-0.4, -0.2) is 16.8 Å². The maximum Gasteiger partial charge on any atom is 0.363 e.